The molecule has 4 heteroatoms. The zero-order valence-electron chi connectivity index (χ0n) is 9.62. The molecule has 0 bridgehead atoms. The third-order valence-electron chi connectivity index (χ3n) is 3.41. The molecule has 0 aromatic rings. The topological polar surface area (TPSA) is 21.3 Å². The molecule has 90 valence electrons. The van der Waals surface area contributed by atoms with Gasteiger partial charge in [-0.05, 0) is 31.4 Å². The molecule has 3 atom stereocenters. The first kappa shape index (κ1) is 13.6. The highest BCUT2D eigenvalue weighted by Gasteiger charge is 2.38. The van der Waals surface area contributed by atoms with Gasteiger partial charge in [0.25, 0.3) is 0 Å². The van der Waals surface area contributed by atoms with Crippen molar-refractivity contribution in [2.45, 2.75) is 32.4 Å². The number of halogens is 1. The van der Waals surface area contributed by atoms with Gasteiger partial charge in [0.05, 0.1) is 6.61 Å². The number of hydrogen-bond donors (Lipinski definition) is 1. The molecule has 0 aromatic heterocycles. The maximum atomic E-state index is 5.99. The Hall–Kier alpha value is 0.560. The summed E-state index contributed by atoms with van der Waals surface area (Å²) in [5.41, 5.74) is -0.0417. The molecule has 0 saturated carbocycles. The van der Waals surface area contributed by atoms with Gasteiger partial charge in [-0.25, -0.2) is 0 Å². The highest BCUT2D eigenvalue weighted by atomic mass is 35.5. The second-order valence-corrected chi connectivity index (χ2v) is 5.97. The molecular weight excluding hydrogens is 230 g/mol. The summed E-state index contributed by atoms with van der Waals surface area (Å²) in [6.07, 6.45) is 2.68. The Kier molecular flexibility index (Phi) is 5.23. The Bertz CT molecular complexity index is 189. The lowest BCUT2D eigenvalue weighted by Gasteiger charge is -2.44. The normalized spacial score (nSPS) is 42.0. The number of ether oxygens (including phenoxy) is 1. The van der Waals surface area contributed by atoms with Crippen molar-refractivity contribution in [2.75, 3.05) is 24.7 Å². The van der Waals surface area contributed by atoms with E-state index in [9.17, 15) is 0 Å². The van der Waals surface area contributed by atoms with Crippen LogP contribution >= 0.6 is 24.2 Å². The number of hydrogen-bond acceptors (Lipinski definition) is 3. The van der Waals surface area contributed by atoms with Crippen LogP contribution in [-0.4, -0.2) is 30.4 Å². The molecule has 2 saturated heterocycles. The molecule has 2 fully saturated rings. The lowest BCUT2D eigenvalue weighted by atomic mass is 9.91. The van der Waals surface area contributed by atoms with Crippen LogP contribution in [0.2, 0.25) is 0 Å². The van der Waals surface area contributed by atoms with Gasteiger partial charge in [0, 0.05) is 18.2 Å². The fraction of sp³-hybridized carbons (Fsp3) is 1.00. The van der Waals surface area contributed by atoms with Crippen molar-refractivity contribution < 1.29 is 4.74 Å². The van der Waals surface area contributed by atoms with Gasteiger partial charge in [-0.3, -0.25) is 5.32 Å². The van der Waals surface area contributed by atoms with Crippen LogP contribution in [0.3, 0.4) is 0 Å². The predicted octanol–water partition coefficient (Wildman–Crippen LogP) is 2.52. The minimum Gasteiger partial charge on any atom is -0.360 e. The van der Waals surface area contributed by atoms with Crippen LogP contribution < -0.4 is 5.32 Å². The first-order valence-electron chi connectivity index (χ1n) is 5.67. The molecule has 15 heavy (non-hydrogen) atoms. The minimum absolute atomic E-state index is 0. The van der Waals surface area contributed by atoms with Crippen LogP contribution in [0.5, 0.6) is 0 Å². The van der Waals surface area contributed by atoms with Crippen LogP contribution in [0.4, 0.5) is 0 Å². The smallest absolute Gasteiger partial charge is 0.120 e. The molecule has 2 rings (SSSR count). The molecule has 2 aliphatic heterocycles. The molecule has 1 N–H and O–H groups in total. The standard InChI is InChI=1S/C11H21NOS.ClH/c1-9-6-12-11(2,13-7-9)10-4-3-5-14-8-10;/h9-10,12H,3-8H2,1-2H3;1H. The summed E-state index contributed by atoms with van der Waals surface area (Å²) in [4.78, 5) is 0. The molecule has 0 aromatic carbocycles. The van der Waals surface area contributed by atoms with E-state index in [2.05, 4.69) is 30.9 Å². The summed E-state index contributed by atoms with van der Waals surface area (Å²) in [6, 6.07) is 0. The van der Waals surface area contributed by atoms with Crippen LogP contribution in [0.1, 0.15) is 26.7 Å². The van der Waals surface area contributed by atoms with Gasteiger partial charge in [-0.2, -0.15) is 11.8 Å². The zero-order chi connectivity index (χ0) is 10.0. The van der Waals surface area contributed by atoms with Gasteiger partial charge < -0.3 is 4.74 Å². The minimum atomic E-state index is -0.0417. The highest BCUT2D eigenvalue weighted by molar-refractivity contribution is 7.99. The molecule has 2 aliphatic rings. The summed E-state index contributed by atoms with van der Waals surface area (Å²) in [5.74, 6) is 3.97. The first-order valence-corrected chi connectivity index (χ1v) is 6.83. The van der Waals surface area contributed by atoms with Gasteiger partial charge in [-0.15, -0.1) is 12.4 Å². The maximum Gasteiger partial charge on any atom is 0.120 e. The van der Waals surface area contributed by atoms with Crippen molar-refractivity contribution >= 4 is 24.2 Å². The Morgan fingerprint density at radius 2 is 2.27 bits per heavy atom. The third-order valence-corrected chi connectivity index (χ3v) is 4.62. The van der Waals surface area contributed by atoms with E-state index >= 15 is 0 Å². The summed E-state index contributed by atoms with van der Waals surface area (Å²) in [7, 11) is 0. The molecule has 0 spiro atoms. The number of rotatable bonds is 1. The Morgan fingerprint density at radius 3 is 2.80 bits per heavy atom. The Morgan fingerprint density at radius 1 is 1.47 bits per heavy atom. The molecule has 0 radical (unpaired) electrons. The maximum absolute atomic E-state index is 5.99. The first-order chi connectivity index (χ1) is 6.71. The SMILES string of the molecule is CC1CNC(C)(C2CCCSC2)OC1.Cl. The Balaban J connectivity index is 0.00000112. The molecule has 2 nitrogen and oxygen atoms in total. The second-order valence-electron chi connectivity index (χ2n) is 4.82. The molecule has 2 heterocycles. The van der Waals surface area contributed by atoms with Crippen LogP contribution in [0, 0.1) is 11.8 Å². The lowest BCUT2D eigenvalue weighted by molar-refractivity contribution is -0.132. The van der Waals surface area contributed by atoms with E-state index < -0.39 is 0 Å². The van der Waals surface area contributed by atoms with E-state index in [1.807, 2.05) is 0 Å². The van der Waals surface area contributed by atoms with Crippen molar-refractivity contribution in [2.24, 2.45) is 11.8 Å². The lowest BCUT2D eigenvalue weighted by Crippen LogP contribution is -2.57. The fourth-order valence-electron chi connectivity index (χ4n) is 2.24. The van der Waals surface area contributed by atoms with E-state index in [1.54, 1.807) is 0 Å². The summed E-state index contributed by atoms with van der Waals surface area (Å²) in [6.45, 7) is 6.50. The summed E-state index contributed by atoms with van der Waals surface area (Å²) in [5, 5.41) is 3.58. The van der Waals surface area contributed by atoms with Crippen molar-refractivity contribution in [1.29, 1.82) is 0 Å². The van der Waals surface area contributed by atoms with E-state index in [0.717, 1.165) is 13.2 Å². The number of thioether (sulfide) groups is 1. The van der Waals surface area contributed by atoms with E-state index in [-0.39, 0.29) is 18.1 Å². The molecule has 3 unspecified atom stereocenters. The highest BCUT2D eigenvalue weighted by Crippen LogP contribution is 2.33. The van der Waals surface area contributed by atoms with Crippen molar-refractivity contribution in [1.82, 2.24) is 5.32 Å². The fourth-order valence-corrected chi connectivity index (χ4v) is 3.55. The summed E-state index contributed by atoms with van der Waals surface area (Å²) >= 11 is 2.08. The van der Waals surface area contributed by atoms with E-state index in [0.29, 0.717) is 11.8 Å². The van der Waals surface area contributed by atoms with Crippen molar-refractivity contribution in [3.8, 4) is 0 Å². The van der Waals surface area contributed by atoms with Gasteiger partial charge in [0.2, 0.25) is 0 Å². The Labute approximate surface area is 103 Å². The second kappa shape index (κ2) is 5.76. The number of nitrogens with one attached hydrogen (secondary N) is 1. The third kappa shape index (κ3) is 3.26. The largest absolute Gasteiger partial charge is 0.360 e. The summed E-state index contributed by atoms with van der Waals surface area (Å²) < 4.78 is 5.99. The molecule has 0 amide bonds. The van der Waals surface area contributed by atoms with Crippen LogP contribution in [0.25, 0.3) is 0 Å². The molecule has 0 aliphatic carbocycles. The average Bonchev–Trinajstić information content (AvgIpc) is 2.24. The average molecular weight is 252 g/mol. The zero-order valence-corrected chi connectivity index (χ0v) is 11.3. The van der Waals surface area contributed by atoms with Gasteiger partial charge in [-0.1, -0.05) is 6.92 Å². The quantitative estimate of drug-likeness (QED) is 0.774. The van der Waals surface area contributed by atoms with Gasteiger partial charge in [0.15, 0.2) is 0 Å². The monoisotopic (exact) mass is 251 g/mol. The van der Waals surface area contributed by atoms with Crippen LogP contribution in [-0.2, 0) is 4.74 Å². The van der Waals surface area contributed by atoms with Crippen molar-refractivity contribution in [3.63, 3.8) is 0 Å². The molecular formula is C11H22ClNOS. The predicted molar refractivity (Wildman–Crippen MR) is 68.8 cm³/mol. The van der Waals surface area contributed by atoms with Crippen LogP contribution in [0.15, 0.2) is 0 Å². The van der Waals surface area contributed by atoms with E-state index in [4.69, 9.17) is 4.74 Å². The van der Waals surface area contributed by atoms with Gasteiger partial charge >= 0.3 is 0 Å². The van der Waals surface area contributed by atoms with E-state index in [1.165, 1.54) is 24.3 Å². The van der Waals surface area contributed by atoms with Crippen molar-refractivity contribution in [3.05, 3.63) is 0 Å². The van der Waals surface area contributed by atoms with Gasteiger partial charge in [0.1, 0.15) is 5.72 Å².